The van der Waals surface area contributed by atoms with E-state index in [1.807, 2.05) is 30.3 Å². The summed E-state index contributed by atoms with van der Waals surface area (Å²) in [6.07, 6.45) is 37.4. The van der Waals surface area contributed by atoms with Crippen molar-refractivity contribution in [1.29, 1.82) is 0 Å². The van der Waals surface area contributed by atoms with Crippen molar-refractivity contribution in [2.45, 2.75) is 214 Å². The van der Waals surface area contributed by atoms with Crippen LogP contribution in [0, 0.1) is 12.3 Å². The summed E-state index contributed by atoms with van der Waals surface area (Å²) >= 11 is 0. The molecule has 0 aliphatic heterocycles. The molecule has 0 radical (unpaired) electrons. The van der Waals surface area contributed by atoms with Crippen LogP contribution < -0.4 is 18.9 Å². The van der Waals surface area contributed by atoms with Crippen molar-refractivity contribution in [3.63, 3.8) is 0 Å². The molecule has 0 aromatic heterocycles. The van der Waals surface area contributed by atoms with Crippen LogP contribution in [0.5, 0.6) is 23.0 Å². The number of carbonyl (C=O) groups excluding carboxylic acids is 1. The lowest BCUT2D eigenvalue weighted by Gasteiger charge is -2.16. The average molecular weight is 929 g/mol. The topological polar surface area (TPSA) is 63.2 Å². The van der Waals surface area contributed by atoms with Crippen molar-refractivity contribution in [2.75, 3.05) is 13.2 Å². The second kappa shape index (κ2) is 35.3. The van der Waals surface area contributed by atoms with Crippen LogP contribution in [0.3, 0.4) is 0 Å². The lowest BCUT2D eigenvalue weighted by atomic mass is 10.0. The Labute approximate surface area is 413 Å². The third kappa shape index (κ3) is 22.9. The molecule has 0 atom stereocenters. The number of carbonyl (C=O) groups is 1. The lowest BCUT2D eigenvalue weighted by molar-refractivity contribution is 0.0471. The van der Waals surface area contributed by atoms with Gasteiger partial charge in [-0.15, -0.1) is 6.42 Å². The molecule has 0 bridgehead atoms. The van der Waals surface area contributed by atoms with Gasteiger partial charge in [-0.3, -0.25) is 0 Å². The molecule has 0 saturated carbocycles. The normalized spacial score (nSPS) is 11.0. The number of terminal acetylenes is 1. The molecule has 4 rings (SSSR count). The molecule has 0 spiro atoms. The summed E-state index contributed by atoms with van der Waals surface area (Å²) in [5.74, 6) is 5.13. The van der Waals surface area contributed by atoms with Gasteiger partial charge >= 0.3 is 5.97 Å². The third-order valence-corrected chi connectivity index (χ3v) is 12.8. The second-order valence-electron chi connectivity index (χ2n) is 18.8. The molecule has 4 aromatic carbocycles. The van der Waals surface area contributed by atoms with Crippen LogP contribution in [-0.4, -0.2) is 19.2 Å². The molecule has 0 N–H and O–H groups in total. The number of aryl methyl sites for hydroxylation is 2. The van der Waals surface area contributed by atoms with E-state index in [4.69, 9.17) is 30.1 Å². The van der Waals surface area contributed by atoms with Crippen LogP contribution in [0.25, 0.3) is 0 Å². The third-order valence-electron chi connectivity index (χ3n) is 12.8. The Morgan fingerprint density at radius 3 is 1.25 bits per heavy atom. The van der Waals surface area contributed by atoms with Crippen molar-refractivity contribution in [1.82, 2.24) is 0 Å². The van der Waals surface area contributed by atoms with Gasteiger partial charge in [0, 0.05) is 11.6 Å². The predicted octanol–water partition coefficient (Wildman–Crippen LogP) is 17.5. The molecule has 0 unspecified atom stereocenters. The number of unbranched alkanes of at least 4 members (excludes halogenated alkanes) is 20. The van der Waals surface area contributed by atoms with Gasteiger partial charge in [0.05, 0.1) is 18.8 Å². The van der Waals surface area contributed by atoms with Gasteiger partial charge in [0.1, 0.15) is 42.8 Å². The molecule has 0 aliphatic carbocycles. The first kappa shape index (κ1) is 55.7. The Morgan fingerprint density at radius 2 is 0.824 bits per heavy atom. The Bertz CT molecular complexity index is 1890. The first-order chi connectivity index (χ1) is 33.5. The highest BCUT2D eigenvalue weighted by Crippen LogP contribution is 2.30. The maximum atomic E-state index is 13.7. The van der Waals surface area contributed by atoms with Crippen LogP contribution >= 0.6 is 0 Å². The quantitative estimate of drug-likeness (QED) is 0.0252. The molecule has 0 heterocycles. The van der Waals surface area contributed by atoms with Gasteiger partial charge in [-0.25, -0.2) is 4.79 Å². The minimum atomic E-state index is -0.463. The van der Waals surface area contributed by atoms with Crippen LogP contribution in [0.15, 0.2) is 78.9 Å². The summed E-state index contributed by atoms with van der Waals surface area (Å²) < 4.78 is 31.8. The Morgan fingerprint density at radius 1 is 0.426 bits per heavy atom. The summed E-state index contributed by atoms with van der Waals surface area (Å²) in [6, 6.07) is 25.8. The SMILES string of the molecule is C#Cc1ccc(COC(=O)c2cc(OCc3ccc(CCCCCCCC)c(OCCCCCCCC)c3)cc(OCc3ccc(CCCCCCCC)c(OCCCCCCCC)c3)c2)cc1. The molecule has 372 valence electrons. The second-order valence-corrected chi connectivity index (χ2v) is 18.8. The minimum Gasteiger partial charge on any atom is -0.493 e. The number of benzene rings is 4. The van der Waals surface area contributed by atoms with E-state index in [2.05, 4.69) is 70.0 Å². The number of ether oxygens (including phenoxy) is 5. The van der Waals surface area contributed by atoms with Crippen molar-refractivity contribution in [3.05, 3.63) is 118 Å². The Kier molecular flexibility index (Phi) is 28.9. The molecule has 6 heteroatoms. The highest BCUT2D eigenvalue weighted by atomic mass is 16.5. The van der Waals surface area contributed by atoms with E-state index in [0.717, 1.165) is 72.3 Å². The lowest BCUT2D eigenvalue weighted by Crippen LogP contribution is -2.07. The van der Waals surface area contributed by atoms with E-state index < -0.39 is 5.97 Å². The fourth-order valence-corrected chi connectivity index (χ4v) is 8.50. The number of hydrogen-bond donors (Lipinski definition) is 0. The smallest absolute Gasteiger partial charge is 0.338 e. The van der Waals surface area contributed by atoms with Gasteiger partial charge in [0.2, 0.25) is 0 Å². The summed E-state index contributed by atoms with van der Waals surface area (Å²) in [5.41, 5.74) is 6.52. The van der Waals surface area contributed by atoms with Gasteiger partial charge in [-0.2, -0.15) is 0 Å². The minimum absolute atomic E-state index is 0.115. The van der Waals surface area contributed by atoms with E-state index >= 15 is 0 Å². The fourth-order valence-electron chi connectivity index (χ4n) is 8.50. The van der Waals surface area contributed by atoms with E-state index in [0.29, 0.717) is 43.5 Å². The van der Waals surface area contributed by atoms with Crippen LogP contribution in [0.1, 0.15) is 226 Å². The van der Waals surface area contributed by atoms with Crippen LogP contribution in [-0.2, 0) is 37.4 Å². The molecule has 0 saturated heterocycles. The standard InChI is InChI=1S/C62H88O6/c1-6-11-15-19-23-27-31-55-39-37-53(43-60(55)64-41-29-25-21-17-13-8-3)49-66-58-45-57(62(63)68-48-52-35-33-51(10-5)34-36-52)46-59(47-58)67-50-54-38-40-56(32-28-24-20-16-12-7-2)61(44-54)65-42-30-26-22-18-14-9-4/h5,33-40,43-47H,6-9,11-32,41-42,48-50H2,1-4H3. The van der Waals surface area contributed by atoms with E-state index in [-0.39, 0.29) is 6.61 Å². The van der Waals surface area contributed by atoms with E-state index in [1.165, 1.54) is 140 Å². The molecule has 0 fully saturated rings. The van der Waals surface area contributed by atoms with E-state index in [9.17, 15) is 4.79 Å². The van der Waals surface area contributed by atoms with Crippen molar-refractivity contribution in [3.8, 4) is 35.3 Å². The zero-order chi connectivity index (χ0) is 48.3. The highest BCUT2D eigenvalue weighted by Gasteiger charge is 2.15. The molecule has 68 heavy (non-hydrogen) atoms. The largest absolute Gasteiger partial charge is 0.493 e. The summed E-state index contributed by atoms with van der Waals surface area (Å²) in [6.45, 7) is 11.2. The molecular formula is C62H88O6. The zero-order valence-corrected chi connectivity index (χ0v) is 43.0. The van der Waals surface area contributed by atoms with Crippen molar-refractivity contribution < 1.29 is 28.5 Å². The monoisotopic (exact) mass is 929 g/mol. The average Bonchev–Trinajstić information content (AvgIpc) is 3.36. The maximum absolute atomic E-state index is 13.7. The first-order valence-electron chi connectivity index (χ1n) is 27.1. The zero-order valence-electron chi connectivity index (χ0n) is 43.0. The van der Waals surface area contributed by atoms with Gasteiger partial charge in [-0.1, -0.05) is 198 Å². The fraction of sp³-hybridized carbons (Fsp3) is 0.565. The Balaban J connectivity index is 1.51. The summed E-state index contributed by atoms with van der Waals surface area (Å²) in [4.78, 5) is 13.7. The molecule has 4 aromatic rings. The van der Waals surface area contributed by atoms with Crippen molar-refractivity contribution >= 4 is 5.97 Å². The molecule has 0 amide bonds. The number of esters is 1. The summed E-state index contributed by atoms with van der Waals surface area (Å²) in [5, 5.41) is 0. The van der Waals surface area contributed by atoms with E-state index in [1.54, 1.807) is 12.1 Å². The first-order valence-corrected chi connectivity index (χ1v) is 27.1. The van der Waals surface area contributed by atoms with Gasteiger partial charge in [-0.05, 0) is 103 Å². The van der Waals surface area contributed by atoms with Crippen molar-refractivity contribution in [2.24, 2.45) is 0 Å². The van der Waals surface area contributed by atoms with Crippen LogP contribution in [0.4, 0.5) is 0 Å². The predicted molar refractivity (Wildman–Crippen MR) is 283 cm³/mol. The number of rotatable bonds is 39. The maximum Gasteiger partial charge on any atom is 0.338 e. The molecule has 0 aliphatic rings. The highest BCUT2D eigenvalue weighted by molar-refractivity contribution is 5.90. The van der Waals surface area contributed by atoms with Gasteiger partial charge in [0.15, 0.2) is 0 Å². The molecule has 6 nitrogen and oxygen atoms in total. The Hall–Kier alpha value is -4.89. The van der Waals surface area contributed by atoms with Gasteiger partial charge in [0.25, 0.3) is 0 Å². The summed E-state index contributed by atoms with van der Waals surface area (Å²) in [7, 11) is 0. The van der Waals surface area contributed by atoms with Gasteiger partial charge < -0.3 is 23.7 Å². The molecular weight excluding hydrogens is 841 g/mol. The van der Waals surface area contributed by atoms with Crippen LogP contribution in [0.2, 0.25) is 0 Å². The number of hydrogen-bond acceptors (Lipinski definition) is 6.